The minimum absolute atomic E-state index is 0.155. The van der Waals surface area contributed by atoms with Crippen molar-refractivity contribution in [2.45, 2.75) is 18.2 Å². The summed E-state index contributed by atoms with van der Waals surface area (Å²) in [5, 5.41) is 16.3. The van der Waals surface area contributed by atoms with Gasteiger partial charge in [-0.05, 0) is 18.2 Å². The number of aromatic nitrogens is 3. The topological polar surface area (TPSA) is 112 Å². The Labute approximate surface area is 180 Å². The minimum Gasteiger partial charge on any atom is -0.497 e. The zero-order chi connectivity index (χ0) is 23.5. The van der Waals surface area contributed by atoms with Crippen LogP contribution in [0.4, 0.5) is 13.2 Å². The molecule has 0 radical (unpaired) electrons. The maximum Gasteiger partial charge on any atom is 0.424 e. The average molecular weight is 454 g/mol. The largest absolute Gasteiger partial charge is 0.497 e. The summed E-state index contributed by atoms with van der Waals surface area (Å²) in [6.07, 6.45) is -3.41. The van der Waals surface area contributed by atoms with Gasteiger partial charge >= 0.3 is 6.18 Å². The van der Waals surface area contributed by atoms with Crippen LogP contribution in [0.25, 0.3) is 11.3 Å². The van der Waals surface area contributed by atoms with Crippen molar-refractivity contribution in [3.05, 3.63) is 48.2 Å². The summed E-state index contributed by atoms with van der Waals surface area (Å²) in [4.78, 5) is 16.0. The fourth-order valence-corrected chi connectivity index (χ4v) is 3.11. The number of nitrogens with one attached hydrogen (secondary N) is 1. The predicted molar refractivity (Wildman–Crippen MR) is 105 cm³/mol. The molecule has 0 fully saturated rings. The summed E-state index contributed by atoms with van der Waals surface area (Å²) < 4.78 is 57.4. The molecule has 9 nitrogen and oxygen atoms in total. The van der Waals surface area contributed by atoms with Gasteiger partial charge < -0.3 is 29.0 Å². The Balaban J connectivity index is 1.73. The number of carbonyl (C=O) groups is 1. The first-order valence-electron chi connectivity index (χ1n) is 9.35. The van der Waals surface area contributed by atoms with E-state index in [1.54, 1.807) is 18.2 Å². The summed E-state index contributed by atoms with van der Waals surface area (Å²) in [6, 6.07) is 6.26. The van der Waals surface area contributed by atoms with E-state index in [2.05, 4.69) is 15.5 Å². The number of imidazole rings is 1. The molecule has 12 heteroatoms. The third-order valence-electron chi connectivity index (χ3n) is 4.85. The molecular weight excluding hydrogens is 433 g/mol. The number of hydrogen-bond donors (Lipinski definition) is 2. The van der Waals surface area contributed by atoms with Gasteiger partial charge in [0.25, 0.3) is 5.91 Å². The number of benzene rings is 1. The molecule has 1 amide bonds. The Morgan fingerprint density at radius 3 is 2.59 bits per heavy atom. The molecule has 1 aromatic carbocycles. The normalized spacial score (nSPS) is 13.5. The van der Waals surface area contributed by atoms with Crippen LogP contribution in [0, 0.1) is 0 Å². The van der Waals surface area contributed by atoms with Crippen molar-refractivity contribution in [1.29, 1.82) is 0 Å². The highest BCUT2D eigenvalue weighted by Gasteiger charge is 2.57. The molecule has 1 atom stereocenters. The quantitative estimate of drug-likeness (QED) is 0.538. The van der Waals surface area contributed by atoms with Gasteiger partial charge in [0.15, 0.2) is 11.5 Å². The number of methoxy groups -OCH3 is 2. The van der Waals surface area contributed by atoms with Gasteiger partial charge in [-0.25, -0.2) is 4.98 Å². The molecule has 0 bridgehead atoms. The lowest BCUT2D eigenvalue weighted by Crippen LogP contribution is -2.46. The summed E-state index contributed by atoms with van der Waals surface area (Å²) in [7, 11) is 4.28. The van der Waals surface area contributed by atoms with Crippen LogP contribution in [0.15, 0.2) is 41.2 Å². The van der Waals surface area contributed by atoms with Crippen molar-refractivity contribution in [1.82, 2.24) is 20.0 Å². The molecule has 0 aliphatic heterocycles. The Kier molecular flexibility index (Phi) is 6.44. The van der Waals surface area contributed by atoms with Crippen molar-refractivity contribution in [3.63, 3.8) is 0 Å². The van der Waals surface area contributed by atoms with E-state index in [1.165, 1.54) is 33.5 Å². The summed E-state index contributed by atoms with van der Waals surface area (Å²) in [5.41, 5.74) is -2.92. The molecule has 0 spiro atoms. The van der Waals surface area contributed by atoms with Crippen molar-refractivity contribution >= 4 is 5.91 Å². The lowest BCUT2D eigenvalue weighted by Gasteiger charge is -2.29. The molecule has 0 saturated carbocycles. The first-order valence-corrected chi connectivity index (χ1v) is 9.35. The van der Waals surface area contributed by atoms with Gasteiger partial charge in [-0.1, -0.05) is 5.16 Å². The Morgan fingerprint density at radius 1 is 1.25 bits per heavy atom. The lowest BCUT2D eigenvalue weighted by atomic mass is 9.97. The Hall–Kier alpha value is -3.54. The molecule has 0 aliphatic carbocycles. The van der Waals surface area contributed by atoms with E-state index in [-0.39, 0.29) is 11.5 Å². The number of rotatable bonds is 8. The third-order valence-corrected chi connectivity index (χ3v) is 4.85. The lowest BCUT2D eigenvalue weighted by molar-refractivity contribution is -0.272. The number of ether oxygens (including phenoxy) is 2. The molecule has 0 aliphatic rings. The molecule has 3 rings (SSSR count). The fraction of sp³-hybridized carbons (Fsp3) is 0.350. The van der Waals surface area contributed by atoms with Gasteiger partial charge in [-0.15, -0.1) is 0 Å². The molecule has 172 valence electrons. The molecule has 2 N–H and O–H groups in total. The SMILES string of the molecule is COc1ccc(OC)c(-c2cc(C(=O)NCCC(O)(c3nccn3C)C(F)(F)F)no2)c1. The Bertz CT molecular complexity index is 1100. The first kappa shape index (κ1) is 23.1. The maximum atomic E-state index is 13.6. The average Bonchev–Trinajstić information content (AvgIpc) is 3.41. The summed E-state index contributed by atoms with van der Waals surface area (Å²) in [5.74, 6) is -0.187. The van der Waals surface area contributed by atoms with Crippen molar-refractivity contribution < 1.29 is 37.1 Å². The third kappa shape index (κ3) is 4.40. The molecule has 32 heavy (non-hydrogen) atoms. The van der Waals surface area contributed by atoms with Gasteiger partial charge in [-0.2, -0.15) is 13.2 Å². The van der Waals surface area contributed by atoms with Crippen LogP contribution in [0.2, 0.25) is 0 Å². The van der Waals surface area contributed by atoms with Gasteiger partial charge in [0, 0.05) is 38.5 Å². The summed E-state index contributed by atoms with van der Waals surface area (Å²) in [6.45, 7) is -0.494. The van der Waals surface area contributed by atoms with Gasteiger partial charge in [0.2, 0.25) is 5.60 Å². The van der Waals surface area contributed by atoms with Crippen molar-refractivity contribution in [3.8, 4) is 22.8 Å². The van der Waals surface area contributed by atoms with Crippen molar-refractivity contribution in [2.75, 3.05) is 20.8 Å². The number of alkyl halides is 3. The number of hydrogen-bond acceptors (Lipinski definition) is 7. The molecule has 2 aromatic heterocycles. The fourth-order valence-electron chi connectivity index (χ4n) is 3.11. The smallest absolute Gasteiger partial charge is 0.424 e. The van der Waals surface area contributed by atoms with Gasteiger partial charge in [-0.3, -0.25) is 4.79 Å². The molecule has 3 aromatic rings. The van der Waals surface area contributed by atoms with E-state index in [0.717, 1.165) is 10.8 Å². The van der Waals surface area contributed by atoms with Crippen LogP contribution < -0.4 is 14.8 Å². The highest BCUT2D eigenvalue weighted by molar-refractivity contribution is 5.93. The van der Waals surface area contributed by atoms with Crippen LogP contribution in [-0.2, 0) is 12.6 Å². The highest BCUT2D eigenvalue weighted by Crippen LogP contribution is 2.40. The van der Waals surface area contributed by atoms with Crippen LogP contribution >= 0.6 is 0 Å². The minimum atomic E-state index is -5.00. The van der Waals surface area contributed by atoms with Crippen molar-refractivity contribution in [2.24, 2.45) is 7.05 Å². The van der Waals surface area contributed by atoms with E-state index >= 15 is 0 Å². The zero-order valence-electron chi connectivity index (χ0n) is 17.4. The second kappa shape index (κ2) is 8.91. The van der Waals surface area contributed by atoms with E-state index in [1.807, 2.05) is 0 Å². The molecule has 1 unspecified atom stereocenters. The van der Waals surface area contributed by atoms with E-state index in [9.17, 15) is 23.1 Å². The van der Waals surface area contributed by atoms with Crippen LogP contribution in [0.3, 0.4) is 0 Å². The van der Waals surface area contributed by atoms with Gasteiger partial charge in [0.1, 0.15) is 17.3 Å². The summed E-state index contributed by atoms with van der Waals surface area (Å²) >= 11 is 0. The monoisotopic (exact) mass is 454 g/mol. The number of aryl methyl sites for hydroxylation is 1. The van der Waals surface area contributed by atoms with Gasteiger partial charge in [0.05, 0.1) is 19.8 Å². The maximum absolute atomic E-state index is 13.6. The number of carbonyl (C=O) groups excluding carboxylic acids is 1. The van der Waals surface area contributed by atoms with E-state index < -0.39 is 36.5 Å². The second-order valence-electron chi connectivity index (χ2n) is 6.87. The van der Waals surface area contributed by atoms with Crippen LogP contribution in [0.5, 0.6) is 11.5 Å². The molecule has 0 saturated heterocycles. The Morgan fingerprint density at radius 2 is 2.00 bits per heavy atom. The standard InChI is InChI=1S/C20H21F3N4O5/c1-27-9-8-25-18(27)19(29,20(21,22)23)6-7-24-17(28)14-11-16(32-26-14)13-10-12(30-2)4-5-15(13)31-3/h4-5,8-11,29H,6-7H2,1-3H3,(H,24,28). The van der Waals surface area contributed by atoms with Crippen LogP contribution in [-0.4, -0.2) is 52.7 Å². The zero-order valence-corrected chi connectivity index (χ0v) is 17.4. The van der Waals surface area contributed by atoms with Crippen LogP contribution in [0.1, 0.15) is 22.7 Å². The second-order valence-corrected chi connectivity index (χ2v) is 6.87. The number of nitrogens with zero attached hydrogens (tertiary/aromatic N) is 3. The molecular formula is C20H21F3N4O5. The number of aliphatic hydroxyl groups is 1. The number of halogens is 3. The first-order chi connectivity index (χ1) is 15.1. The number of amides is 1. The predicted octanol–water partition coefficient (Wildman–Crippen LogP) is 2.66. The van der Waals surface area contributed by atoms with E-state index in [4.69, 9.17) is 14.0 Å². The van der Waals surface area contributed by atoms with E-state index in [0.29, 0.717) is 17.1 Å². The highest BCUT2D eigenvalue weighted by atomic mass is 19.4. The molecule has 2 heterocycles.